The lowest BCUT2D eigenvalue weighted by Crippen LogP contribution is -2.27. The van der Waals surface area contributed by atoms with Crippen LogP contribution in [0.1, 0.15) is 12.0 Å². The fraction of sp³-hybridized carbons (Fsp3) is 0.250. The normalized spacial score (nSPS) is 10.9. The molecule has 1 amide bonds. The number of halogens is 1. The predicted molar refractivity (Wildman–Crippen MR) is 106 cm³/mol. The average Bonchev–Trinajstić information content (AvgIpc) is 2.69. The summed E-state index contributed by atoms with van der Waals surface area (Å²) < 4.78 is 15.2. The molecule has 1 N–H and O–H groups in total. The summed E-state index contributed by atoms with van der Waals surface area (Å²) in [6.07, 6.45) is 1.55. The SMILES string of the molecule is O=C(CCn1ncc(=O)c2ccccc21)NCCSCc1ccccc1F. The van der Waals surface area contributed by atoms with E-state index < -0.39 is 0 Å². The van der Waals surface area contributed by atoms with Crippen molar-refractivity contribution in [2.24, 2.45) is 0 Å². The highest BCUT2D eigenvalue weighted by molar-refractivity contribution is 7.98. The van der Waals surface area contributed by atoms with E-state index in [0.717, 1.165) is 5.52 Å². The first kappa shape index (κ1) is 19.1. The molecule has 0 unspecified atom stereocenters. The maximum atomic E-state index is 13.5. The Morgan fingerprint density at radius 3 is 2.78 bits per heavy atom. The summed E-state index contributed by atoms with van der Waals surface area (Å²) in [6, 6.07) is 13.9. The molecule has 5 nitrogen and oxygen atoms in total. The molecular formula is C20H20FN3O2S. The van der Waals surface area contributed by atoms with Gasteiger partial charge in [0.15, 0.2) is 0 Å². The molecule has 0 spiro atoms. The van der Waals surface area contributed by atoms with Crippen molar-refractivity contribution in [2.45, 2.75) is 18.7 Å². The molecule has 7 heteroatoms. The van der Waals surface area contributed by atoms with Gasteiger partial charge in [-0.2, -0.15) is 16.9 Å². The average molecular weight is 385 g/mol. The number of fused-ring (bicyclic) bond motifs is 1. The molecule has 0 saturated heterocycles. The van der Waals surface area contributed by atoms with Crippen LogP contribution in [0.25, 0.3) is 10.9 Å². The van der Waals surface area contributed by atoms with E-state index in [1.54, 1.807) is 40.7 Å². The summed E-state index contributed by atoms with van der Waals surface area (Å²) in [5.41, 5.74) is 1.27. The minimum absolute atomic E-state index is 0.0777. The van der Waals surface area contributed by atoms with Crippen molar-refractivity contribution in [3.63, 3.8) is 0 Å². The first-order valence-corrected chi connectivity index (χ1v) is 9.83. The van der Waals surface area contributed by atoms with Crippen LogP contribution in [0.4, 0.5) is 4.39 Å². The fourth-order valence-electron chi connectivity index (χ4n) is 2.70. The van der Waals surface area contributed by atoms with Crippen LogP contribution < -0.4 is 10.7 Å². The lowest BCUT2D eigenvalue weighted by molar-refractivity contribution is -0.121. The third kappa shape index (κ3) is 5.17. The van der Waals surface area contributed by atoms with Crippen molar-refractivity contribution in [3.05, 3.63) is 76.3 Å². The minimum atomic E-state index is -0.199. The van der Waals surface area contributed by atoms with Crippen LogP contribution in [0.3, 0.4) is 0 Å². The number of hydrogen-bond acceptors (Lipinski definition) is 4. The molecule has 27 heavy (non-hydrogen) atoms. The number of rotatable bonds is 8. The molecule has 0 atom stereocenters. The Morgan fingerprint density at radius 1 is 1.15 bits per heavy atom. The van der Waals surface area contributed by atoms with Crippen LogP contribution in [0.5, 0.6) is 0 Å². The molecule has 2 aromatic carbocycles. The number of aryl methyl sites for hydroxylation is 1. The summed E-state index contributed by atoms with van der Waals surface area (Å²) in [5, 5.41) is 7.57. The number of para-hydroxylation sites is 1. The molecule has 0 fully saturated rings. The van der Waals surface area contributed by atoms with Crippen molar-refractivity contribution >= 4 is 28.6 Å². The molecule has 3 aromatic rings. The maximum absolute atomic E-state index is 13.5. The lowest BCUT2D eigenvalue weighted by Gasteiger charge is -2.09. The molecule has 0 radical (unpaired) electrons. The van der Waals surface area contributed by atoms with Gasteiger partial charge < -0.3 is 5.32 Å². The fourth-order valence-corrected chi connectivity index (χ4v) is 3.54. The number of amides is 1. The first-order valence-electron chi connectivity index (χ1n) is 8.68. The molecule has 140 valence electrons. The second-order valence-electron chi connectivity index (χ2n) is 5.99. The molecular weight excluding hydrogens is 365 g/mol. The highest BCUT2D eigenvalue weighted by Gasteiger charge is 2.06. The van der Waals surface area contributed by atoms with Gasteiger partial charge in [0.1, 0.15) is 5.82 Å². The van der Waals surface area contributed by atoms with Gasteiger partial charge >= 0.3 is 0 Å². The summed E-state index contributed by atoms with van der Waals surface area (Å²) in [6.45, 7) is 0.922. The Kier molecular flexibility index (Phi) is 6.59. The summed E-state index contributed by atoms with van der Waals surface area (Å²) in [4.78, 5) is 23.8. The number of carbonyl (C=O) groups is 1. The molecule has 3 rings (SSSR count). The molecule has 0 saturated carbocycles. The Bertz CT molecular complexity index is 990. The van der Waals surface area contributed by atoms with Gasteiger partial charge in [0, 0.05) is 29.9 Å². The third-order valence-corrected chi connectivity index (χ3v) is 5.10. The summed E-state index contributed by atoms with van der Waals surface area (Å²) in [5.74, 6) is 1.01. The second-order valence-corrected chi connectivity index (χ2v) is 7.10. The van der Waals surface area contributed by atoms with E-state index in [1.807, 2.05) is 18.2 Å². The highest BCUT2D eigenvalue weighted by atomic mass is 32.2. The Morgan fingerprint density at radius 2 is 1.93 bits per heavy atom. The number of nitrogens with zero attached hydrogens (tertiary/aromatic N) is 2. The summed E-state index contributed by atoms with van der Waals surface area (Å²) in [7, 11) is 0. The van der Waals surface area contributed by atoms with E-state index in [0.29, 0.717) is 35.5 Å². The molecule has 0 aliphatic heterocycles. The van der Waals surface area contributed by atoms with E-state index in [1.165, 1.54) is 12.3 Å². The van der Waals surface area contributed by atoms with Crippen LogP contribution in [-0.4, -0.2) is 28.0 Å². The van der Waals surface area contributed by atoms with Crippen LogP contribution in [0.2, 0.25) is 0 Å². The summed E-state index contributed by atoms with van der Waals surface area (Å²) >= 11 is 1.57. The van der Waals surface area contributed by atoms with E-state index in [2.05, 4.69) is 10.4 Å². The van der Waals surface area contributed by atoms with Gasteiger partial charge in [0.25, 0.3) is 0 Å². The van der Waals surface area contributed by atoms with E-state index in [9.17, 15) is 14.0 Å². The molecule has 0 aliphatic carbocycles. The van der Waals surface area contributed by atoms with Crippen molar-refractivity contribution in [2.75, 3.05) is 12.3 Å². The smallest absolute Gasteiger partial charge is 0.221 e. The largest absolute Gasteiger partial charge is 0.355 e. The zero-order valence-electron chi connectivity index (χ0n) is 14.7. The number of hydrogen-bond donors (Lipinski definition) is 1. The first-order chi connectivity index (χ1) is 13.1. The van der Waals surface area contributed by atoms with Gasteiger partial charge in [-0.25, -0.2) is 4.39 Å². The van der Waals surface area contributed by atoms with Gasteiger partial charge in [-0.05, 0) is 23.8 Å². The molecule has 1 aromatic heterocycles. The van der Waals surface area contributed by atoms with Crippen LogP contribution in [-0.2, 0) is 17.1 Å². The molecule has 0 bridgehead atoms. The highest BCUT2D eigenvalue weighted by Crippen LogP contribution is 2.14. The number of thioether (sulfide) groups is 1. The predicted octanol–water partition coefficient (Wildman–Crippen LogP) is 2.98. The van der Waals surface area contributed by atoms with Gasteiger partial charge in [0.2, 0.25) is 11.3 Å². The van der Waals surface area contributed by atoms with Crippen molar-refractivity contribution in [1.29, 1.82) is 0 Å². The van der Waals surface area contributed by atoms with E-state index >= 15 is 0 Å². The molecule has 0 aliphatic rings. The standard InChI is InChI=1S/C20H20FN3O2S/c21-17-7-3-1-5-15(17)14-27-12-10-22-20(26)9-11-24-18-8-4-2-6-16(18)19(25)13-23-24/h1-8,13H,9-12,14H2,(H,22,26). The van der Waals surface area contributed by atoms with Crippen molar-refractivity contribution < 1.29 is 9.18 Å². The number of aromatic nitrogens is 2. The Balaban J connectivity index is 1.42. The van der Waals surface area contributed by atoms with Crippen LogP contribution in [0, 0.1) is 5.82 Å². The van der Waals surface area contributed by atoms with Crippen molar-refractivity contribution in [3.8, 4) is 0 Å². The topological polar surface area (TPSA) is 64.0 Å². The quantitative estimate of drug-likeness (QED) is 0.606. The third-order valence-electron chi connectivity index (χ3n) is 4.10. The van der Waals surface area contributed by atoms with Crippen molar-refractivity contribution in [1.82, 2.24) is 15.1 Å². The number of nitrogens with one attached hydrogen (secondary N) is 1. The maximum Gasteiger partial charge on any atom is 0.221 e. The monoisotopic (exact) mass is 385 g/mol. The zero-order valence-corrected chi connectivity index (χ0v) is 15.5. The number of benzene rings is 2. The minimum Gasteiger partial charge on any atom is -0.355 e. The molecule has 1 heterocycles. The lowest BCUT2D eigenvalue weighted by atomic mass is 10.2. The van der Waals surface area contributed by atoms with Crippen LogP contribution in [0.15, 0.2) is 59.5 Å². The van der Waals surface area contributed by atoms with Gasteiger partial charge in [-0.15, -0.1) is 0 Å². The Labute approximate surface area is 160 Å². The van der Waals surface area contributed by atoms with Gasteiger partial charge in [0.05, 0.1) is 18.3 Å². The number of carbonyl (C=O) groups excluding carboxylic acids is 1. The zero-order chi connectivity index (χ0) is 19.1. The van der Waals surface area contributed by atoms with Gasteiger partial charge in [-0.3, -0.25) is 14.3 Å². The van der Waals surface area contributed by atoms with E-state index in [-0.39, 0.29) is 23.6 Å². The van der Waals surface area contributed by atoms with Gasteiger partial charge in [-0.1, -0.05) is 30.3 Å². The Hall–Kier alpha value is -2.67. The van der Waals surface area contributed by atoms with E-state index in [4.69, 9.17) is 0 Å². The van der Waals surface area contributed by atoms with Crippen LogP contribution >= 0.6 is 11.8 Å². The second kappa shape index (κ2) is 9.32.